The fourth-order valence-electron chi connectivity index (χ4n) is 2.23. The molecule has 3 nitrogen and oxygen atoms in total. The molecule has 1 unspecified atom stereocenters. The summed E-state index contributed by atoms with van der Waals surface area (Å²) in [6, 6.07) is 16.2. The first-order valence-electron chi connectivity index (χ1n) is 6.36. The lowest BCUT2D eigenvalue weighted by molar-refractivity contribution is 0.414. The molecule has 0 aliphatic rings. The molecule has 1 N–H and O–H groups in total. The molecule has 0 aliphatic carbocycles. The van der Waals surface area contributed by atoms with Crippen molar-refractivity contribution in [2.24, 2.45) is 0 Å². The number of methoxy groups -OCH3 is 1. The van der Waals surface area contributed by atoms with Gasteiger partial charge in [0, 0.05) is 5.92 Å². The number of hydrogen-bond donors (Lipinski definition) is 1. The van der Waals surface area contributed by atoms with E-state index in [0.29, 0.717) is 0 Å². The van der Waals surface area contributed by atoms with Gasteiger partial charge in [-0.1, -0.05) is 31.2 Å². The Morgan fingerprint density at radius 1 is 1.05 bits per heavy atom. The maximum Gasteiger partial charge on any atom is 0.118 e. The number of ether oxygens (including phenoxy) is 1. The fourth-order valence-corrected chi connectivity index (χ4v) is 2.23. The number of para-hydroxylation sites is 2. The van der Waals surface area contributed by atoms with Crippen molar-refractivity contribution in [3.8, 4) is 5.75 Å². The number of H-pyrrole nitrogens is 1. The first-order valence-corrected chi connectivity index (χ1v) is 6.36. The molecular weight excluding hydrogens is 236 g/mol. The Kier molecular flexibility index (Phi) is 2.95. The van der Waals surface area contributed by atoms with E-state index >= 15 is 0 Å². The number of nitrogens with zero attached hydrogens (tertiary/aromatic N) is 1. The Balaban J connectivity index is 1.95. The summed E-state index contributed by atoms with van der Waals surface area (Å²) in [6.07, 6.45) is 0. The third-order valence-electron chi connectivity index (χ3n) is 3.43. The molecule has 2 aromatic carbocycles. The summed E-state index contributed by atoms with van der Waals surface area (Å²) in [5.74, 6) is 2.10. The van der Waals surface area contributed by atoms with Crippen LogP contribution in [-0.2, 0) is 0 Å². The van der Waals surface area contributed by atoms with Crippen molar-refractivity contribution in [3.63, 3.8) is 0 Å². The van der Waals surface area contributed by atoms with Crippen molar-refractivity contribution in [3.05, 3.63) is 59.9 Å². The molecule has 19 heavy (non-hydrogen) atoms. The van der Waals surface area contributed by atoms with Gasteiger partial charge in [-0.25, -0.2) is 4.98 Å². The van der Waals surface area contributed by atoms with Crippen molar-refractivity contribution in [1.82, 2.24) is 9.97 Å². The van der Waals surface area contributed by atoms with Gasteiger partial charge in [-0.15, -0.1) is 0 Å². The van der Waals surface area contributed by atoms with Crippen LogP contribution in [0, 0.1) is 0 Å². The van der Waals surface area contributed by atoms with Crippen LogP contribution >= 0.6 is 0 Å². The second kappa shape index (κ2) is 4.76. The van der Waals surface area contributed by atoms with E-state index < -0.39 is 0 Å². The summed E-state index contributed by atoms with van der Waals surface area (Å²) >= 11 is 0. The maximum atomic E-state index is 5.18. The van der Waals surface area contributed by atoms with Gasteiger partial charge < -0.3 is 9.72 Å². The van der Waals surface area contributed by atoms with Crippen LogP contribution in [0.2, 0.25) is 0 Å². The number of benzene rings is 2. The Morgan fingerprint density at radius 3 is 2.47 bits per heavy atom. The van der Waals surface area contributed by atoms with Crippen molar-refractivity contribution in [2.75, 3.05) is 7.11 Å². The molecule has 0 saturated carbocycles. The highest BCUT2D eigenvalue weighted by molar-refractivity contribution is 5.74. The van der Waals surface area contributed by atoms with E-state index in [4.69, 9.17) is 4.74 Å². The second-order valence-corrected chi connectivity index (χ2v) is 4.63. The third-order valence-corrected chi connectivity index (χ3v) is 3.43. The highest BCUT2D eigenvalue weighted by Crippen LogP contribution is 2.25. The van der Waals surface area contributed by atoms with Crippen LogP contribution in [0.5, 0.6) is 5.75 Å². The highest BCUT2D eigenvalue weighted by Gasteiger charge is 2.12. The monoisotopic (exact) mass is 252 g/mol. The molecular formula is C16H16N2O. The zero-order valence-corrected chi connectivity index (χ0v) is 11.1. The molecule has 0 spiro atoms. The minimum atomic E-state index is 0.235. The van der Waals surface area contributed by atoms with Crippen LogP contribution in [0.1, 0.15) is 24.2 Å². The van der Waals surface area contributed by atoms with Crippen molar-refractivity contribution in [1.29, 1.82) is 0 Å². The molecule has 0 bridgehead atoms. The first kappa shape index (κ1) is 11.8. The Bertz CT molecular complexity index is 652. The zero-order valence-electron chi connectivity index (χ0n) is 11.1. The van der Waals surface area contributed by atoms with Gasteiger partial charge in [0.15, 0.2) is 0 Å². The van der Waals surface area contributed by atoms with E-state index in [1.165, 1.54) is 5.56 Å². The van der Waals surface area contributed by atoms with Crippen LogP contribution in [0.3, 0.4) is 0 Å². The maximum absolute atomic E-state index is 5.18. The Morgan fingerprint density at radius 2 is 1.79 bits per heavy atom. The number of hydrogen-bond acceptors (Lipinski definition) is 2. The van der Waals surface area contributed by atoms with Crippen LogP contribution in [0.4, 0.5) is 0 Å². The number of imidazole rings is 1. The number of fused-ring (bicyclic) bond motifs is 1. The first-order chi connectivity index (χ1) is 9.28. The topological polar surface area (TPSA) is 37.9 Å². The van der Waals surface area contributed by atoms with Crippen LogP contribution in [-0.4, -0.2) is 17.1 Å². The molecule has 3 rings (SSSR count). The summed E-state index contributed by atoms with van der Waals surface area (Å²) in [5.41, 5.74) is 3.32. The van der Waals surface area contributed by atoms with Crippen molar-refractivity contribution < 1.29 is 4.74 Å². The number of nitrogens with one attached hydrogen (secondary N) is 1. The summed E-state index contributed by atoms with van der Waals surface area (Å²) < 4.78 is 5.18. The lowest BCUT2D eigenvalue weighted by Gasteiger charge is -2.09. The van der Waals surface area contributed by atoms with Gasteiger partial charge in [-0.3, -0.25) is 0 Å². The van der Waals surface area contributed by atoms with E-state index in [1.54, 1.807) is 7.11 Å². The molecule has 0 aliphatic heterocycles. The summed E-state index contributed by atoms with van der Waals surface area (Å²) in [7, 11) is 1.68. The largest absolute Gasteiger partial charge is 0.497 e. The zero-order chi connectivity index (χ0) is 13.2. The number of aromatic nitrogens is 2. The molecule has 0 saturated heterocycles. The predicted molar refractivity (Wildman–Crippen MR) is 76.6 cm³/mol. The molecule has 0 fully saturated rings. The lowest BCUT2D eigenvalue weighted by atomic mass is 10.0. The van der Waals surface area contributed by atoms with Crippen molar-refractivity contribution >= 4 is 11.0 Å². The minimum absolute atomic E-state index is 0.235. The molecule has 0 radical (unpaired) electrons. The smallest absolute Gasteiger partial charge is 0.118 e. The average molecular weight is 252 g/mol. The van der Waals surface area contributed by atoms with Gasteiger partial charge in [-0.2, -0.15) is 0 Å². The van der Waals surface area contributed by atoms with E-state index in [2.05, 4.69) is 29.0 Å². The molecule has 3 heteroatoms. The van der Waals surface area contributed by atoms with Gasteiger partial charge in [0.2, 0.25) is 0 Å². The SMILES string of the molecule is COc1ccc(C(C)c2nc3ccccc3[nH]2)cc1. The number of rotatable bonds is 3. The molecule has 0 amide bonds. The van der Waals surface area contributed by atoms with Gasteiger partial charge in [0.25, 0.3) is 0 Å². The predicted octanol–water partition coefficient (Wildman–Crippen LogP) is 3.72. The lowest BCUT2D eigenvalue weighted by Crippen LogP contribution is -1.98. The highest BCUT2D eigenvalue weighted by atomic mass is 16.5. The van der Waals surface area contributed by atoms with Crippen LogP contribution < -0.4 is 4.74 Å². The summed E-state index contributed by atoms with van der Waals surface area (Å²) in [4.78, 5) is 8.02. The minimum Gasteiger partial charge on any atom is -0.497 e. The fraction of sp³-hybridized carbons (Fsp3) is 0.188. The van der Waals surface area contributed by atoms with E-state index in [1.807, 2.05) is 36.4 Å². The van der Waals surface area contributed by atoms with Gasteiger partial charge in [-0.05, 0) is 29.8 Å². The van der Waals surface area contributed by atoms with Crippen LogP contribution in [0.25, 0.3) is 11.0 Å². The standard InChI is InChI=1S/C16H16N2O/c1-11(12-7-9-13(19-2)10-8-12)16-17-14-5-3-4-6-15(14)18-16/h3-11H,1-2H3,(H,17,18). The van der Waals surface area contributed by atoms with Gasteiger partial charge >= 0.3 is 0 Å². The van der Waals surface area contributed by atoms with E-state index in [-0.39, 0.29) is 5.92 Å². The van der Waals surface area contributed by atoms with Crippen molar-refractivity contribution in [2.45, 2.75) is 12.8 Å². The average Bonchev–Trinajstić information content (AvgIpc) is 2.90. The van der Waals surface area contributed by atoms with Crippen LogP contribution in [0.15, 0.2) is 48.5 Å². The second-order valence-electron chi connectivity index (χ2n) is 4.63. The Labute approximate surface area is 112 Å². The molecule has 3 aromatic rings. The Hall–Kier alpha value is -2.29. The molecule has 1 heterocycles. The number of aromatic amines is 1. The van der Waals surface area contributed by atoms with Gasteiger partial charge in [0.1, 0.15) is 11.6 Å². The summed E-state index contributed by atoms with van der Waals surface area (Å²) in [6.45, 7) is 2.15. The third kappa shape index (κ3) is 2.19. The normalized spacial score (nSPS) is 12.5. The molecule has 1 atom stereocenters. The van der Waals surface area contributed by atoms with E-state index in [9.17, 15) is 0 Å². The summed E-state index contributed by atoms with van der Waals surface area (Å²) in [5, 5.41) is 0. The van der Waals surface area contributed by atoms with Gasteiger partial charge in [0.05, 0.1) is 18.1 Å². The quantitative estimate of drug-likeness (QED) is 0.771. The van der Waals surface area contributed by atoms with E-state index in [0.717, 1.165) is 22.6 Å². The molecule has 1 aromatic heterocycles. The molecule has 96 valence electrons.